The number of carbonyl (C=O) groups is 1. The maximum Gasteiger partial charge on any atom is 0.434 e. The molecule has 2 heterocycles. The highest BCUT2D eigenvalue weighted by atomic mass is 35.5. The monoisotopic (exact) mass is 345 g/mol. The SMILES string of the molecule is CCNc1nc(Cl)ccc1NC(=O)c1cncnc1C(F)(F)F. The number of nitrogens with one attached hydrogen (secondary N) is 2. The van der Waals surface area contributed by atoms with E-state index in [9.17, 15) is 18.0 Å². The molecule has 0 aliphatic heterocycles. The number of rotatable bonds is 4. The Labute approximate surface area is 134 Å². The first-order valence-corrected chi connectivity index (χ1v) is 6.79. The lowest BCUT2D eigenvalue weighted by Crippen LogP contribution is -2.21. The summed E-state index contributed by atoms with van der Waals surface area (Å²) < 4.78 is 38.7. The van der Waals surface area contributed by atoms with Crippen LogP contribution in [0.25, 0.3) is 0 Å². The molecule has 0 aromatic carbocycles. The molecule has 0 spiro atoms. The minimum absolute atomic E-state index is 0.179. The molecule has 0 bridgehead atoms. The predicted molar refractivity (Wildman–Crippen MR) is 78.4 cm³/mol. The van der Waals surface area contributed by atoms with Crippen LogP contribution >= 0.6 is 11.6 Å². The highest BCUT2D eigenvalue weighted by molar-refractivity contribution is 6.29. The molecule has 0 atom stereocenters. The summed E-state index contributed by atoms with van der Waals surface area (Å²) in [5, 5.41) is 5.38. The third-order valence-electron chi connectivity index (χ3n) is 2.68. The van der Waals surface area contributed by atoms with Gasteiger partial charge in [-0.25, -0.2) is 15.0 Å². The summed E-state index contributed by atoms with van der Waals surface area (Å²) in [6.07, 6.45) is -3.23. The van der Waals surface area contributed by atoms with E-state index in [2.05, 4.69) is 25.6 Å². The zero-order chi connectivity index (χ0) is 17.0. The Morgan fingerprint density at radius 3 is 2.74 bits per heavy atom. The van der Waals surface area contributed by atoms with Crippen LogP contribution in [0.15, 0.2) is 24.7 Å². The molecule has 0 saturated heterocycles. The summed E-state index contributed by atoms with van der Waals surface area (Å²) in [5.74, 6) is -0.750. The van der Waals surface area contributed by atoms with Crippen molar-refractivity contribution in [2.24, 2.45) is 0 Å². The van der Waals surface area contributed by atoms with Gasteiger partial charge in [0.2, 0.25) is 0 Å². The molecule has 0 unspecified atom stereocenters. The number of nitrogens with zero attached hydrogens (tertiary/aromatic N) is 3. The van der Waals surface area contributed by atoms with E-state index in [-0.39, 0.29) is 16.7 Å². The zero-order valence-electron chi connectivity index (χ0n) is 11.8. The van der Waals surface area contributed by atoms with Crippen molar-refractivity contribution in [1.29, 1.82) is 0 Å². The quantitative estimate of drug-likeness (QED) is 0.832. The number of hydrogen-bond donors (Lipinski definition) is 2. The second-order valence-corrected chi connectivity index (χ2v) is 4.68. The second-order valence-electron chi connectivity index (χ2n) is 4.30. The zero-order valence-corrected chi connectivity index (χ0v) is 12.5. The molecule has 0 saturated carbocycles. The van der Waals surface area contributed by atoms with Crippen molar-refractivity contribution >= 4 is 29.0 Å². The minimum Gasteiger partial charge on any atom is -0.369 e. The summed E-state index contributed by atoms with van der Waals surface area (Å²) in [6, 6.07) is 2.84. The molecule has 1 amide bonds. The lowest BCUT2D eigenvalue weighted by molar-refractivity contribution is -0.141. The number of alkyl halides is 3. The Morgan fingerprint density at radius 1 is 1.35 bits per heavy atom. The van der Waals surface area contributed by atoms with Gasteiger partial charge in [0.1, 0.15) is 11.5 Å². The van der Waals surface area contributed by atoms with Gasteiger partial charge in [0.05, 0.1) is 11.3 Å². The molecule has 10 heteroatoms. The van der Waals surface area contributed by atoms with Gasteiger partial charge >= 0.3 is 6.18 Å². The van der Waals surface area contributed by atoms with Crippen LogP contribution < -0.4 is 10.6 Å². The number of anilines is 2. The first kappa shape index (κ1) is 16.9. The Morgan fingerprint density at radius 2 is 2.09 bits per heavy atom. The fourth-order valence-corrected chi connectivity index (χ4v) is 1.90. The minimum atomic E-state index is -4.77. The smallest absolute Gasteiger partial charge is 0.369 e. The fraction of sp³-hybridized carbons (Fsp3) is 0.231. The Balaban J connectivity index is 2.34. The lowest BCUT2D eigenvalue weighted by atomic mass is 10.2. The summed E-state index contributed by atoms with van der Waals surface area (Å²) in [7, 11) is 0. The standard InChI is InChI=1S/C13H11ClF3N5O/c1-2-19-11-8(3-4-9(14)22-11)21-12(23)7-5-18-6-20-10(7)13(15,16)17/h3-6H,2H2,1H3,(H,19,22)(H,21,23). The average Bonchev–Trinajstić information content (AvgIpc) is 2.49. The molecule has 23 heavy (non-hydrogen) atoms. The fourth-order valence-electron chi connectivity index (χ4n) is 1.75. The van der Waals surface area contributed by atoms with Crippen molar-refractivity contribution in [3.63, 3.8) is 0 Å². The Kier molecular flexibility index (Phi) is 4.99. The van der Waals surface area contributed by atoms with Gasteiger partial charge in [-0.05, 0) is 19.1 Å². The highest BCUT2D eigenvalue weighted by Gasteiger charge is 2.37. The van der Waals surface area contributed by atoms with Gasteiger partial charge in [0.15, 0.2) is 11.5 Å². The van der Waals surface area contributed by atoms with Gasteiger partial charge < -0.3 is 10.6 Å². The van der Waals surface area contributed by atoms with E-state index >= 15 is 0 Å². The van der Waals surface area contributed by atoms with Gasteiger partial charge in [0, 0.05) is 12.7 Å². The van der Waals surface area contributed by atoms with Crippen LogP contribution in [-0.4, -0.2) is 27.4 Å². The first-order chi connectivity index (χ1) is 10.8. The Hall–Kier alpha value is -2.42. The van der Waals surface area contributed by atoms with Crippen LogP contribution in [0.4, 0.5) is 24.7 Å². The molecule has 6 nitrogen and oxygen atoms in total. The van der Waals surface area contributed by atoms with E-state index in [1.54, 1.807) is 6.92 Å². The second kappa shape index (κ2) is 6.78. The van der Waals surface area contributed by atoms with Crippen LogP contribution in [0.1, 0.15) is 23.0 Å². The molecule has 0 aliphatic carbocycles. The first-order valence-electron chi connectivity index (χ1n) is 6.42. The summed E-state index contributed by atoms with van der Waals surface area (Å²) in [5.41, 5.74) is -1.80. The highest BCUT2D eigenvalue weighted by Crippen LogP contribution is 2.30. The van der Waals surface area contributed by atoms with Crippen molar-refractivity contribution in [3.05, 3.63) is 41.1 Å². The lowest BCUT2D eigenvalue weighted by Gasteiger charge is -2.13. The number of aromatic nitrogens is 3. The van der Waals surface area contributed by atoms with Crippen LogP contribution in [-0.2, 0) is 6.18 Å². The normalized spacial score (nSPS) is 11.2. The number of hydrogen-bond acceptors (Lipinski definition) is 5. The van der Waals surface area contributed by atoms with E-state index in [1.165, 1.54) is 12.1 Å². The summed E-state index contributed by atoms with van der Waals surface area (Å²) in [6.45, 7) is 2.28. The molecule has 0 radical (unpaired) electrons. The third-order valence-corrected chi connectivity index (χ3v) is 2.89. The van der Waals surface area contributed by atoms with Crippen molar-refractivity contribution in [3.8, 4) is 0 Å². The van der Waals surface area contributed by atoms with Crippen molar-refractivity contribution < 1.29 is 18.0 Å². The molecule has 2 aromatic rings. The summed E-state index contributed by atoms with van der Waals surface area (Å²) in [4.78, 5) is 22.7. The van der Waals surface area contributed by atoms with Crippen molar-refractivity contribution in [2.45, 2.75) is 13.1 Å². The van der Waals surface area contributed by atoms with Gasteiger partial charge in [-0.3, -0.25) is 4.79 Å². The summed E-state index contributed by atoms with van der Waals surface area (Å²) >= 11 is 5.76. The van der Waals surface area contributed by atoms with Gasteiger partial charge in [-0.2, -0.15) is 13.2 Å². The van der Waals surface area contributed by atoms with Crippen LogP contribution in [0.2, 0.25) is 5.15 Å². The van der Waals surface area contributed by atoms with Crippen molar-refractivity contribution in [1.82, 2.24) is 15.0 Å². The number of halogens is 4. The molecule has 0 aliphatic rings. The molecular formula is C13H11ClF3N5O. The van der Waals surface area contributed by atoms with E-state index < -0.39 is 23.3 Å². The van der Waals surface area contributed by atoms with E-state index in [0.29, 0.717) is 6.54 Å². The molecule has 122 valence electrons. The molecular weight excluding hydrogens is 335 g/mol. The third kappa shape index (κ3) is 4.07. The number of pyridine rings is 1. The van der Waals surface area contributed by atoms with Gasteiger partial charge in [-0.1, -0.05) is 11.6 Å². The van der Waals surface area contributed by atoms with Crippen LogP contribution in [0, 0.1) is 0 Å². The van der Waals surface area contributed by atoms with Crippen molar-refractivity contribution in [2.75, 3.05) is 17.2 Å². The maximum absolute atomic E-state index is 12.9. The van der Waals surface area contributed by atoms with E-state index in [1.807, 2.05) is 0 Å². The molecule has 2 aromatic heterocycles. The van der Waals surface area contributed by atoms with E-state index in [4.69, 9.17) is 11.6 Å². The Bertz CT molecular complexity index is 723. The average molecular weight is 346 g/mol. The number of carbonyl (C=O) groups excluding carboxylic acids is 1. The van der Waals surface area contributed by atoms with E-state index in [0.717, 1.165) is 12.5 Å². The largest absolute Gasteiger partial charge is 0.434 e. The molecule has 0 fully saturated rings. The van der Waals surface area contributed by atoms with Gasteiger partial charge in [-0.15, -0.1) is 0 Å². The van der Waals surface area contributed by atoms with Crippen LogP contribution in [0.3, 0.4) is 0 Å². The van der Waals surface area contributed by atoms with Gasteiger partial charge in [0.25, 0.3) is 5.91 Å². The molecule has 2 N–H and O–H groups in total. The number of amides is 1. The predicted octanol–water partition coefficient (Wildman–Crippen LogP) is 3.23. The molecule has 2 rings (SSSR count). The topological polar surface area (TPSA) is 79.8 Å². The van der Waals surface area contributed by atoms with Crippen LogP contribution in [0.5, 0.6) is 0 Å². The maximum atomic E-state index is 12.9.